The Hall–Kier alpha value is -2.79. The Kier molecular flexibility index (Phi) is 4.19. The highest BCUT2D eigenvalue weighted by Gasteiger charge is 2.53. The van der Waals surface area contributed by atoms with E-state index in [1.54, 1.807) is 18.2 Å². The molecular weight excluding hydrogens is 340 g/mol. The average Bonchev–Trinajstić information content (AvgIpc) is 3.09. The van der Waals surface area contributed by atoms with Gasteiger partial charge in [0.05, 0.1) is 6.17 Å². The van der Waals surface area contributed by atoms with Gasteiger partial charge in [-0.3, -0.25) is 4.90 Å². The number of likely N-dealkylation sites (tertiary alicyclic amines) is 1. The quantitative estimate of drug-likeness (QED) is 0.511. The fourth-order valence-electron chi connectivity index (χ4n) is 4.62. The highest BCUT2D eigenvalue weighted by Crippen LogP contribution is 2.52. The minimum Gasteiger partial charge on any atom is -0.507 e. The molecule has 27 heavy (non-hydrogen) atoms. The van der Waals surface area contributed by atoms with E-state index in [1.807, 2.05) is 24.3 Å². The smallest absolute Gasteiger partial charge is 0.347 e. The molecule has 2 aromatic carbocycles. The van der Waals surface area contributed by atoms with Crippen LogP contribution in [0, 0.1) is 0 Å². The van der Waals surface area contributed by atoms with Crippen LogP contribution in [-0.2, 0) is 5.41 Å². The number of hydrogen-bond donors (Lipinski definition) is 1. The molecule has 2 atom stereocenters. The van der Waals surface area contributed by atoms with Crippen LogP contribution < -0.4 is 9.64 Å². The molecule has 5 heteroatoms. The molecule has 2 aromatic rings. The van der Waals surface area contributed by atoms with Gasteiger partial charge >= 0.3 is 5.97 Å². The first-order chi connectivity index (χ1) is 13.0. The summed E-state index contributed by atoms with van der Waals surface area (Å²) in [5.41, 5.74) is 2.50. The number of esters is 1. The van der Waals surface area contributed by atoms with E-state index in [4.69, 9.17) is 4.74 Å². The molecule has 1 saturated heterocycles. The predicted octanol–water partition coefficient (Wildman–Crippen LogP) is 3.54. The Labute approximate surface area is 159 Å². The predicted molar refractivity (Wildman–Crippen MR) is 105 cm³/mol. The number of phenols is 1. The van der Waals surface area contributed by atoms with Crippen LogP contribution >= 0.6 is 0 Å². The van der Waals surface area contributed by atoms with Crippen molar-refractivity contribution >= 4 is 11.7 Å². The van der Waals surface area contributed by atoms with Crippen molar-refractivity contribution in [1.82, 2.24) is 4.90 Å². The Morgan fingerprint density at radius 1 is 1.37 bits per heavy atom. The Morgan fingerprint density at radius 2 is 2.15 bits per heavy atom. The van der Waals surface area contributed by atoms with Crippen molar-refractivity contribution in [3.8, 4) is 11.5 Å². The van der Waals surface area contributed by atoms with Crippen molar-refractivity contribution in [2.45, 2.75) is 24.9 Å². The van der Waals surface area contributed by atoms with Crippen LogP contribution in [0.4, 0.5) is 5.69 Å². The molecule has 2 heterocycles. The maximum Gasteiger partial charge on any atom is 0.347 e. The van der Waals surface area contributed by atoms with Gasteiger partial charge in [0.1, 0.15) is 17.1 Å². The maximum atomic E-state index is 12.4. The van der Waals surface area contributed by atoms with E-state index in [9.17, 15) is 9.90 Å². The van der Waals surface area contributed by atoms with Crippen LogP contribution in [-0.4, -0.2) is 42.3 Å². The molecule has 5 nitrogen and oxygen atoms in total. The third-order valence-electron chi connectivity index (χ3n) is 5.86. The van der Waals surface area contributed by atoms with E-state index in [1.165, 1.54) is 17.3 Å². The van der Waals surface area contributed by atoms with E-state index in [2.05, 4.69) is 30.4 Å². The number of carbonyl (C=O) groups excluding carboxylic acids is 1. The number of nitrogens with zero attached hydrogens (tertiary/aromatic N) is 2. The summed E-state index contributed by atoms with van der Waals surface area (Å²) in [6.07, 6.45) is 3.26. The van der Waals surface area contributed by atoms with Gasteiger partial charge in [0, 0.05) is 31.2 Å². The molecular formula is C22H24N2O3. The normalized spacial score (nSPS) is 23.8. The van der Waals surface area contributed by atoms with E-state index in [0.29, 0.717) is 5.75 Å². The molecule has 2 aliphatic heterocycles. The van der Waals surface area contributed by atoms with Gasteiger partial charge in [-0.15, -0.1) is 6.58 Å². The van der Waals surface area contributed by atoms with Crippen molar-refractivity contribution in [3.63, 3.8) is 0 Å². The zero-order valence-corrected chi connectivity index (χ0v) is 15.7. The molecule has 4 rings (SSSR count). The van der Waals surface area contributed by atoms with Crippen LogP contribution in [0.3, 0.4) is 0 Å². The number of hydrogen-bond acceptors (Lipinski definition) is 5. The third kappa shape index (κ3) is 2.70. The fourth-order valence-corrected chi connectivity index (χ4v) is 4.62. The van der Waals surface area contributed by atoms with Gasteiger partial charge in [0.15, 0.2) is 0 Å². The third-order valence-corrected chi connectivity index (χ3v) is 5.86. The number of anilines is 1. The number of aromatic hydroxyl groups is 1. The molecule has 1 fully saturated rings. The lowest BCUT2D eigenvalue weighted by atomic mass is 9.81. The molecule has 2 aliphatic rings. The Bertz CT molecular complexity index is 910. The van der Waals surface area contributed by atoms with Gasteiger partial charge in [-0.2, -0.15) is 0 Å². The molecule has 0 amide bonds. The summed E-state index contributed by atoms with van der Waals surface area (Å²) in [5.74, 6) is -0.133. The SMILES string of the molecule is C=CCN1CCC2(C)c3cc(OC(=O)c4ccccc4O)ccc3N(C)C12. The van der Waals surface area contributed by atoms with E-state index in [-0.39, 0.29) is 22.9 Å². The summed E-state index contributed by atoms with van der Waals surface area (Å²) in [6.45, 7) is 8.02. The van der Waals surface area contributed by atoms with Crippen LogP contribution in [0.1, 0.15) is 29.3 Å². The number of para-hydroxylation sites is 1. The number of ether oxygens (including phenoxy) is 1. The van der Waals surface area contributed by atoms with Crippen LogP contribution in [0.2, 0.25) is 0 Å². The highest BCUT2D eigenvalue weighted by atomic mass is 16.5. The van der Waals surface area contributed by atoms with Crippen LogP contribution in [0.15, 0.2) is 55.1 Å². The summed E-state index contributed by atoms with van der Waals surface area (Å²) >= 11 is 0. The van der Waals surface area contributed by atoms with Crippen LogP contribution in [0.5, 0.6) is 11.5 Å². The molecule has 0 saturated carbocycles. The zero-order valence-electron chi connectivity index (χ0n) is 15.7. The number of likely N-dealkylation sites (N-methyl/N-ethyl adjacent to an activating group) is 1. The van der Waals surface area contributed by atoms with Gasteiger partial charge in [-0.25, -0.2) is 4.79 Å². The summed E-state index contributed by atoms with van der Waals surface area (Å²) in [5, 5.41) is 9.87. The summed E-state index contributed by atoms with van der Waals surface area (Å²) in [4.78, 5) is 17.2. The first kappa shape index (κ1) is 17.6. The van der Waals surface area contributed by atoms with Crippen LogP contribution in [0.25, 0.3) is 0 Å². The summed E-state index contributed by atoms with van der Waals surface area (Å²) in [7, 11) is 2.11. The van der Waals surface area contributed by atoms with Gasteiger partial charge in [-0.1, -0.05) is 25.1 Å². The molecule has 0 spiro atoms. The van der Waals surface area contributed by atoms with Crippen molar-refractivity contribution < 1.29 is 14.6 Å². The number of fused-ring (bicyclic) bond motifs is 3. The van der Waals surface area contributed by atoms with Crippen molar-refractivity contribution in [2.75, 3.05) is 25.0 Å². The second-order valence-corrected chi connectivity index (χ2v) is 7.52. The fraction of sp³-hybridized carbons (Fsp3) is 0.318. The topological polar surface area (TPSA) is 53.0 Å². The maximum absolute atomic E-state index is 12.4. The number of rotatable bonds is 4. The average molecular weight is 364 g/mol. The molecule has 140 valence electrons. The van der Waals surface area contributed by atoms with E-state index < -0.39 is 5.97 Å². The number of benzene rings is 2. The molecule has 0 bridgehead atoms. The lowest BCUT2D eigenvalue weighted by Gasteiger charge is -2.34. The minimum atomic E-state index is -0.555. The van der Waals surface area contributed by atoms with Gasteiger partial charge in [0.2, 0.25) is 0 Å². The Balaban J connectivity index is 1.64. The lowest BCUT2D eigenvalue weighted by Crippen LogP contribution is -2.47. The van der Waals surface area contributed by atoms with E-state index >= 15 is 0 Å². The number of carbonyl (C=O) groups is 1. The summed E-state index contributed by atoms with van der Waals surface area (Å²) in [6, 6.07) is 12.2. The second kappa shape index (κ2) is 6.43. The number of phenolic OH excluding ortho intramolecular Hbond substituents is 1. The largest absolute Gasteiger partial charge is 0.507 e. The standard InChI is InChI=1S/C22H24N2O3/c1-4-12-24-13-11-22(2)17-14-15(9-10-18(17)23(3)21(22)24)27-20(26)16-7-5-6-8-19(16)25/h4-10,14,21,25H,1,11-13H2,2-3H3. The second-order valence-electron chi connectivity index (χ2n) is 7.52. The molecule has 0 aromatic heterocycles. The van der Waals surface area contributed by atoms with Crippen molar-refractivity contribution in [3.05, 3.63) is 66.2 Å². The first-order valence-corrected chi connectivity index (χ1v) is 9.18. The molecule has 2 unspecified atom stereocenters. The van der Waals surface area contributed by atoms with Gasteiger partial charge < -0.3 is 14.7 Å². The Morgan fingerprint density at radius 3 is 2.89 bits per heavy atom. The first-order valence-electron chi connectivity index (χ1n) is 9.18. The molecule has 0 radical (unpaired) electrons. The van der Waals surface area contributed by atoms with Crippen molar-refractivity contribution in [1.29, 1.82) is 0 Å². The lowest BCUT2D eigenvalue weighted by molar-refractivity contribution is 0.0731. The van der Waals surface area contributed by atoms with Gasteiger partial charge in [-0.05, 0) is 42.3 Å². The molecule has 0 aliphatic carbocycles. The van der Waals surface area contributed by atoms with Crippen molar-refractivity contribution in [2.24, 2.45) is 0 Å². The highest BCUT2D eigenvalue weighted by molar-refractivity contribution is 5.93. The zero-order chi connectivity index (χ0) is 19.2. The van der Waals surface area contributed by atoms with Gasteiger partial charge in [0.25, 0.3) is 0 Å². The van der Waals surface area contributed by atoms with E-state index in [0.717, 1.165) is 19.5 Å². The monoisotopic (exact) mass is 364 g/mol. The summed E-state index contributed by atoms with van der Waals surface area (Å²) < 4.78 is 5.56. The molecule has 1 N–H and O–H groups in total. The minimum absolute atomic E-state index is 0.0234.